The van der Waals surface area contributed by atoms with E-state index in [2.05, 4.69) is 28.9 Å². The highest BCUT2D eigenvalue weighted by atomic mass is 32.2. The van der Waals surface area contributed by atoms with Crippen LogP contribution in [0.25, 0.3) is 0 Å². The molecule has 1 aromatic carbocycles. The quantitative estimate of drug-likeness (QED) is 0.490. The maximum atomic E-state index is 13.1. The van der Waals surface area contributed by atoms with Crippen LogP contribution in [0.3, 0.4) is 0 Å². The van der Waals surface area contributed by atoms with Gasteiger partial charge < -0.3 is 4.90 Å². The molecule has 15 heteroatoms. The van der Waals surface area contributed by atoms with Crippen molar-refractivity contribution in [2.45, 2.75) is 19.0 Å². The second-order valence-electron chi connectivity index (χ2n) is 5.72. The van der Waals surface area contributed by atoms with E-state index in [4.69, 9.17) is 0 Å². The smallest absolute Gasteiger partial charge is 0.378 e. The molecule has 9 nitrogen and oxygen atoms in total. The topological polar surface area (TPSA) is 97.3 Å². The van der Waals surface area contributed by atoms with Crippen molar-refractivity contribution in [1.82, 2.24) is 14.8 Å². The Kier molecular flexibility index (Phi) is 6.52. The average Bonchev–Trinajstić information content (AvgIpc) is 2.89. The largest absolute Gasteiger partial charge is 0.504 e. The molecule has 1 aromatic heterocycles. The van der Waals surface area contributed by atoms with Crippen LogP contribution in [0, 0.1) is 6.92 Å². The Balaban J connectivity index is 2.63. The van der Waals surface area contributed by atoms with Gasteiger partial charge in [0, 0.05) is 26.8 Å². The van der Waals surface area contributed by atoms with Crippen LogP contribution in [0.1, 0.15) is 5.82 Å². The Hall–Kier alpha value is -2.68. The van der Waals surface area contributed by atoms with E-state index in [-0.39, 0.29) is 11.6 Å². The van der Waals surface area contributed by atoms with Crippen molar-refractivity contribution in [1.29, 1.82) is 0 Å². The van der Waals surface area contributed by atoms with Gasteiger partial charge in [-0.1, -0.05) is 0 Å². The number of nitrogens with zero attached hydrogens (tertiary/aromatic N) is 7. The number of anilines is 1. The second kappa shape index (κ2) is 8.36. The minimum Gasteiger partial charge on any atom is -0.378 e. The summed E-state index contributed by atoms with van der Waals surface area (Å²) in [6.45, 7) is -2.32. The van der Waals surface area contributed by atoms with Crippen LogP contribution in [0.2, 0.25) is 0 Å². The van der Waals surface area contributed by atoms with E-state index in [9.17, 15) is 26.2 Å². The van der Waals surface area contributed by atoms with Gasteiger partial charge in [-0.05, 0) is 25.1 Å². The lowest BCUT2D eigenvalue weighted by atomic mass is 10.2. The van der Waals surface area contributed by atoms with Crippen LogP contribution in [-0.4, -0.2) is 45.2 Å². The molecule has 1 heterocycles. The van der Waals surface area contributed by atoms with Crippen LogP contribution in [0.4, 0.5) is 45.0 Å². The zero-order chi connectivity index (χ0) is 22.0. The summed E-state index contributed by atoms with van der Waals surface area (Å²) >= 11 is 0. The molecular formula is C14H16F5N7O2S. The zero-order valence-corrected chi connectivity index (χ0v) is 16.4. The Morgan fingerprint density at radius 2 is 1.86 bits per heavy atom. The van der Waals surface area contributed by atoms with Crippen LogP contribution in [0.5, 0.6) is 0 Å². The third-order valence-electron chi connectivity index (χ3n) is 3.41. The zero-order valence-electron chi connectivity index (χ0n) is 15.6. The first kappa shape index (κ1) is 22.6. The van der Waals surface area contributed by atoms with Crippen LogP contribution < -0.4 is 4.90 Å². The van der Waals surface area contributed by atoms with Gasteiger partial charge in [0.15, 0.2) is 0 Å². The van der Waals surface area contributed by atoms with Gasteiger partial charge in [0.2, 0.25) is 0 Å². The highest BCUT2D eigenvalue weighted by Crippen LogP contribution is 2.38. The van der Waals surface area contributed by atoms with E-state index in [1.807, 2.05) is 0 Å². The van der Waals surface area contributed by atoms with Crippen molar-refractivity contribution in [3.05, 3.63) is 24.0 Å². The predicted octanol–water partition coefficient (Wildman–Crippen LogP) is 4.38. The molecule has 0 radical (unpaired) electrons. The average molecular weight is 441 g/mol. The molecular weight excluding hydrogens is 425 g/mol. The first-order valence-electron chi connectivity index (χ1n) is 7.73. The van der Waals surface area contributed by atoms with Gasteiger partial charge in [-0.25, -0.2) is 8.39 Å². The summed E-state index contributed by atoms with van der Waals surface area (Å²) in [5.41, 5.74) is -6.23. The molecule has 0 saturated carbocycles. The fourth-order valence-corrected chi connectivity index (χ4v) is 2.75. The Bertz CT molecular complexity index is 1010. The summed E-state index contributed by atoms with van der Waals surface area (Å²) in [5, 5.41) is 11.3. The Morgan fingerprint density at radius 3 is 2.34 bits per heavy atom. The van der Waals surface area contributed by atoms with Crippen molar-refractivity contribution < 1.29 is 30.3 Å². The lowest BCUT2D eigenvalue weighted by molar-refractivity contribution is -0.0856. The van der Waals surface area contributed by atoms with Crippen molar-refractivity contribution in [2.75, 3.05) is 19.0 Å². The van der Waals surface area contributed by atoms with Crippen molar-refractivity contribution >= 4 is 33.0 Å². The maximum Gasteiger partial charge on any atom is 0.504 e. The van der Waals surface area contributed by atoms with E-state index in [1.165, 1.54) is 21.7 Å². The van der Waals surface area contributed by atoms with Crippen LogP contribution in [-0.2, 0) is 21.2 Å². The van der Waals surface area contributed by atoms with E-state index in [0.29, 0.717) is 11.5 Å². The molecule has 0 bridgehead atoms. The number of hydrogen-bond acceptors (Lipinski definition) is 8. The number of benzene rings is 1. The Labute approximate surface area is 162 Å². The lowest BCUT2D eigenvalue weighted by Crippen LogP contribution is -2.27. The third kappa shape index (κ3) is 5.44. The van der Waals surface area contributed by atoms with E-state index in [1.54, 1.807) is 28.1 Å². The number of aryl methyl sites for hydroxylation is 2. The highest BCUT2D eigenvalue weighted by molar-refractivity contribution is 7.90. The monoisotopic (exact) mass is 441 g/mol. The van der Waals surface area contributed by atoms with Gasteiger partial charge >= 0.3 is 12.1 Å². The summed E-state index contributed by atoms with van der Waals surface area (Å²) in [5.74, 6) is 0.408. The van der Waals surface area contributed by atoms with E-state index in [0.717, 1.165) is 6.07 Å². The number of halogens is 5. The molecule has 1 unspecified atom stereocenters. The molecule has 0 fully saturated rings. The molecule has 0 aliphatic carbocycles. The minimum atomic E-state index is -5.79. The van der Waals surface area contributed by atoms with Crippen molar-refractivity contribution in [3.63, 3.8) is 0 Å². The maximum absolute atomic E-state index is 13.1. The van der Waals surface area contributed by atoms with Gasteiger partial charge in [-0.15, -0.1) is 15.3 Å². The fraction of sp³-hybridized carbons (Fsp3) is 0.429. The van der Waals surface area contributed by atoms with Gasteiger partial charge in [-0.3, -0.25) is 4.68 Å². The molecule has 1 atom stereocenters. The van der Waals surface area contributed by atoms with Gasteiger partial charge in [-0.2, -0.15) is 31.3 Å². The summed E-state index contributed by atoms with van der Waals surface area (Å²) in [7, 11) is -1.04. The molecule has 0 saturated heterocycles. The number of alkyl halides is 5. The number of aromatic nitrogens is 3. The molecule has 0 spiro atoms. The molecule has 2 rings (SSSR count). The minimum absolute atomic E-state index is 0.0898. The SMILES string of the molecule is Cc1nc(N=Nc2ccc(N(C)C)cc2N=S(=O)(OC(F)F)C(F)(F)F)nn1C. The number of rotatable bonds is 6. The first-order valence-corrected chi connectivity index (χ1v) is 9.17. The summed E-state index contributed by atoms with van der Waals surface area (Å²) in [6.07, 6.45) is 0. The lowest BCUT2D eigenvalue weighted by Gasteiger charge is -2.16. The standard InChI is InChI=1S/C14H16F5N7O2S/c1-8-20-13(23-26(8)4)22-21-10-6-5-9(25(2)3)7-11(10)24-29(27,14(17,18)19)28-12(15)16/h5-7,12H,1-4H3. The van der Waals surface area contributed by atoms with Gasteiger partial charge in [0.25, 0.3) is 16.0 Å². The molecule has 160 valence electrons. The third-order valence-corrected chi connectivity index (χ3v) is 4.83. The molecule has 29 heavy (non-hydrogen) atoms. The van der Waals surface area contributed by atoms with Crippen molar-refractivity contribution in [3.8, 4) is 0 Å². The summed E-state index contributed by atoms with van der Waals surface area (Å²) in [6, 6.07) is 3.77. The van der Waals surface area contributed by atoms with Gasteiger partial charge in [0.05, 0.1) is 0 Å². The van der Waals surface area contributed by atoms with Crippen LogP contribution >= 0.6 is 0 Å². The molecule has 0 aliphatic heterocycles. The molecule has 0 aliphatic rings. The summed E-state index contributed by atoms with van der Waals surface area (Å²) < 4.78 is 84.0. The number of hydrogen-bond donors (Lipinski definition) is 0. The Morgan fingerprint density at radius 1 is 1.21 bits per heavy atom. The van der Waals surface area contributed by atoms with E-state index >= 15 is 0 Å². The fourth-order valence-electron chi connectivity index (χ4n) is 1.89. The molecule has 2 aromatic rings. The van der Waals surface area contributed by atoms with Crippen molar-refractivity contribution in [2.24, 2.45) is 21.6 Å². The van der Waals surface area contributed by atoms with E-state index < -0.39 is 27.8 Å². The predicted molar refractivity (Wildman–Crippen MR) is 94.1 cm³/mol. The van der Waals surface area contributed by atoms with Crippen LogP contribution in [0.15, 0.2) is 32.8 Å². The highest BCUT2D eigenvalue weighted by Gasteiger charge is 2.47. The summed E-state index contributed by atoms with van der Waals surface area (Å²) in [4.78, 5) is 5.45. The number of azo groups is 1. The van der Waals surface area contributed by atoms with Gasteiger partial charge in [0.1, 0.15) is 17.2 Å². The molecule has 0 amide bonds. The first-order chi connectivity index (χ1) is 13.3. The molecule has 0 N–H and O–H groups in total. The normalized spacial score (nSPS) is 14.4. The second-order valence-corrected chi connectivity index (χ2v) is 7.51.